The van der Waals surface area contributed by atoms with Gasteiger partial charge in [-0.15, -0.1) is 10.2 Å². The van der Waals surface area contributed by atoms with E-state index in [9.17, 15) is 4.79 Å². The van der Waals surface area contributed by atoms with Crippen molar-refractivity contribution < 1.29 is 13.9 Å². The third kappa shape index (κ3) is 4.92. The number of para-hydroxylation sites is 2. The Morgan fingerprint density at radius 1 is 1.06 bits per heavy atom. The first-order valence-corrected chi connectivity index (χ1v) is 12.1. The van der Waals surface area contributed by atoms with E-state index in [0.717, 1.165) is 34.1 Å². The Balaban J connectivity index is 1.46. The molecule has 0 atom stereocenters. The molecule has 0 radical (unpaired) electrons. The Hall–Kier alpha value is -4.05. The Bertz CT molecular complexity index is 1440. The zero-order valence-electron chi connectivity index (χ0n) is 19.1. The monoisotopic (exact) mass is 488 g/mol. The quantitative estimate of drug-likeness (QED) is 0.296. The maximum absolute atomic E-state index is 11.3. The second-order valence-corrected chi connectivity index (χ2v) is 8.81. The van der Waals surface area contributed by atoms with E-state index in [0.29, 0.717) is 29.7 Å². The molecule has 3 aromatic heterocycles. The van der Waals surface area contributed by atoms with Crippen LogP contribution in [0.5, 0.6) is 5.75 Å². The second kappa shape index (κ2) is 10.1. The molecule has 10 heteroatoms. The fourth-order valence-corrected chi connectivity index (χ4v) is 4.76. The number of hydrogen-bond donors (Lipinski definition) is 1. The number of aryl methyl sites for hydroxylation is 1. The molecule has 0 saturated carbocycles. The van der Waals surface area contributed by atoms with E-state index >= 15 is 0 Å². The predicted molar refractivity (Wildman–Crippen MR) is 133 cm³/mol. The van der Waals surface area contributed by atoms with Crippen LogP contribution in [0.15, 0.2) is 76.5 Å². The molecule has 0 aliphatic heterocycles. The number of furan rings is 1. The molecule has 0 bridgehead atoms. The fraction of sp³-hybridized carbons (Fsp3) is 0.200. The van der Waals surface area contributed by atoms with E-state index in [1.807, 2.05) is 59.2 Å². The van der Waals surface area contributed by atoms with Gasteiger partial charge in [0.05, 0.1) is 36.7 Å². The van der Waals surface area contributed by atoms with Gasteiger partial charge in [-0.1, -0.05) is 23.9 Å². The summed E-state index contributed by atoms with van der Waals surface area (Å²) in [7, 11) is 1.65. The highest BCUT2D eigenvalue weighted by molar-refractivity contribution is 7.98. The minimum absolute atomic E-state index is 0.203. The maximum atomic E-state index is 11.3. The van der Waals surface area contributed by atoms with Gasteiger partial charge in [0.15, 0.2) is 5.16 Å². The van der Waals surface area contributed by atoms with Crippen LogP contribution in [0.25, 0.3) is 16.7 Å². The number of carbonyl (C=O) groups excluding carboxylic acids is 1. The van der Waals surface area contributed by atoms with Gasteiger partial charge in [-0.3, -0.25) is 13.9 Å². The van der Waals surface area contributed by atoms with E-state index in [1.54, 1.807) is 13.4 Å². The van der Waals surface area contributed by atoms with Crippen LogP contribution >= 0.6 is 11.8 Å². The topological polar surface area (TPSA) is 114 Å². The summed E-state index contributed by atoms with van der Waals surface area (Å²) in [5.74, 6) is 3.33. The van der Waals surface area contributed by atoms with Crippen molar-refractivity contribution in [3.05, 3.63) is 84.3 Å². The minimum Gasteiger partial charge on any atom is -0.497 e. The molecule has 35 heavy (non-hydrogen) atoms. The van der Waals surface area contributed by atoms with Gasteiger partial charge in [-0.05, 0) is 48.5 Å². The molecule has 0 unspecified atom stereocenters. The summed E-state index contributed by atoms with van der Waals surface area (Å²) < 4.78 is 15.0. The average molecular weight is 489 g/mol. The number of ether oxygens (including phenoxy) is 1. The number of benzene rings is 2. The number of rotatable bonds is 10. The van der Waals surface area contributed by atoms with Gasteiger partial charge >= 0.3 is 0 Å². The number of primary amides is 1. The molecule has 5 rings (SSSR count). The van der Waals surface area contributed by atoms with Gasteiger partial charge in [0, 0.05) is 18.5 Å². The van der Waals surface area contributed by atoms with Gasteiger partial charge in [0.1, 0.15) is 23.2 Å². The van der Waals surface area contributed by atoms with Crippen molar-refractivity contribution in [3.8, 4) is 11.4 Å². The van der Waals surface area contributed by atoms with E-state index in [4.69, 9.17) is 19.9 Å². The smallest absolute Gasteiger partial charge is 0.217 e. The Kier molecular flexibility index (Phi) is 6.53. The second-order valence-electron chi connectivity index (χ2n) is 7.87. The van der Waals surface area contributed by atoms with Crippen LogP contribution in [-0.4, -0.2) is 37.3 Å². The van der Waals surface area contributed by atoms with E-state index < -0.39 is 0 Å². The Labute approximate surface area is 205 Å². The summed E-state index contributed by atoms with van der Waals surface area (Å²) in [4.78, 5) is 16.2. The summed E-state index contributed by atoms with van der Waals surface area (Å²) in [6.45, 7) is 0.464. The van der Waals surface area contributed by atoms with Crippen LogP contribution < -0.4 is 10.5 Å². The summed E-state index contributed by atoms with van der Waals surface area (Å²) in [5, 5.41) is 9.44. The first-order valence-electron chi connectivity index (χ1n) is 11.1. The molecule has 9 nitrogen and oxygen atoms in total. The number of thioether (sulfide) groups is 1. The van der Waals surface area contributed by atoms with Crippen LogP contribution in [0, 0.1) is 0 Å². The van der Waals surface area contributed by atoms with Crippen molar-refractivity contribution in [1.82, 2.24) is 24.3 Å². The van der Waals surface area contributed by atoms with Crippen LogP contribution in [0.2, 0.25) is 0 Å². The lowest BCUT2D eigenvalue weighted by molar-refractivity contribution is -0.118. The highest BCUT2D eigenvalue weighted by atomic mass is 32.2. The summed E-state index contributed by atoms with van der Waals surface area (Å²) in [6.07, 6.45) is 2.25. The van der Waals surface area contributed by atoms with Gasteiger partial charge in [0.25, 0.3) is 0 Å². The molecule has 2 aromatic carbocycles. The molecule has 1 amide bonds. The van der Waals surface area contributed by atoms with Crippen LogP contribution in [-0.2, 0) is 23.5 Å². The number of carbonyl (C=O) groups is 1. The SMILES string of the molecule is COc1ccc(-n2c(CSc3nnc(CCC(N)=O)n3Cc3ccco3)nc3ccccc32)cc1. The van der Waals surface area contributed by atoms with Crippen LogP contribution in [0.3, 0.4) is 0 Å². The van der Waals surface area contributed by atoms with Crippen molar-refractivity contribution in [2.24, 2.45) is 5.73 Å². The molecule has 178 valence electrons. The zero-order valence-corrected chi connectivity index (χ0v) is 19.9. The number of imidazole rings is 1. The predicted octanol–water partition coefficient (Wildman–Crippen LogP) is 3.98. The number of nitrogens with two attached hydrogens (primary N) is 1. The lowest BCUT2D eigenvalue weighted by Crippen LogP contribution is -2.14. The molecule has 2 N–H and O–H groups in total. The summed E-state index contributed by atoms with van der Waals surface area (Å²) in [5.41, 5.74) is 8.29. The molecule has 0 aliphatic rings. The molecule has 0 saturated heterocycles. The summed E-state index contributed by atoms with van der Waals surface area (Å²) in [6, 6.07) is 19.7. The Morgan fingerprint density at radius 2 is 1.89 bits per heavy atom. The highest BCUT2D eigenvalue weighted by Crippen LogP contribution is 2.28. The summed E-state index contributed by atoms with van der Waals surface area (Å²) >= 11 is 1.53. The van der Waals surface area contributed by atoms with Crippen molar-refractivity contribution >= 4 is 28.7 Å². The number of hydrogen-bond acceptors (Lipinski definition) is 7. The zero-order chi connectivity index (χ0) is 24.2. The largest absolute Gasteiger partial charge is 0.497 e. The molecule has 0 aliphatic carbocycles. The lowest BCUT2D eigenvalue weighted by atomic mass is 10.2. The third-order valence-electron chi connectivity index (χ3n) is 5.57. The van der Waals surface area contributed by atoms with Crippen molar-refractivity contribution in [1.29, 1.82) is 0 Å². The molecule has 0 fully saturated rings. The average Bonchev–Trinajstić information content (AvgIpc) is 3.61. The molecular weight excluding hydrogens is 464 g/mol. The number of amides is 1. The first-order chi connectivity index (χ1) is 17.1. The molecule has 5 aromatic rings. The molecule has 0 spiro atoms. The van der Waals surface area contributed by atoms with Crippen molar-refractivity contribution in [2.75, 3.05) is 7.11 Å². The standard InChI is InChI=1S/C25H24N6O3S/c1-33-18-10-8-17(9-11-18)31-21-7-3-2-6-20(21)27-24(31)16-35-25-29-28-23(13-12-22(26)32)30(25)15-19-5-4-14-34-19/h2-11,14H,12-13,15-16H2,1H3,(H2,26,32). The van der Waals surface area contributed by atoms with Gasteiger partial charge in [-0.25, -0.2) is 4.98 Å². The van der Waals surface area contributed by atoms with Crippen LogP contribution in [0.4, 0.5) is 0 Å². The minimum atomic E-state index is -0.375. The van der Waals surface area contributed by atoms with Crippen LogP contribution in [0.1, 0.15) is 23.8 Å². The molecule has 3 heterocycles. The Morgan fingerprint density at radius 3 is 2.63 bits per heavy atom. The fourth-order valence-electron chi connectivity index (χ4n) is 3.88. The van der Waals surface area contributed by atoms with Gasteiger partial charge < -0.3 is 14.9 Å². The number of aromatic nitrogens is 5. The normalized spacial score (nSPS) is 11.2. The first kappa shape index (κ1) is 22.7. The maximum Gasteiger partial charge on any atom is 0.217 e. The number of nitrogens with zero attached hydrogens (tertiary/aromatic N) is 5. The van der Waals surface area contributed by atoms with E-state index in [1.165, 1.54) is 11.8 Å². The number of fused-ring (bicyclic) bond motifs is 1. The third-order valence-corrected chi connectivity index (χ3v) is 6.54. The van der Waals surface area contributed by atoms with Crippen molar-refractivity contribution in [3.63, 3.8) is 0 Å². The van der Waals surface area contributed by atoms with E-state index in [2.05, 4.69) is 20.8 Å². The van der Waals surface area contributed by atoms with Crippen molar-refractivity contribution in [2.45, 2.75) is 30.3 Å². The molecular formula is C25H24N6O3S. The van der Waals surface area contributed by atoms with Gasteiger partial charge in [-0.2, -0.15) is 0 Å². The van der Waals surface area contributed by atoms with Gasteiger partial charge in [0.2, 0.25) is 5.91 Å². The highest BCUT2D eigenvalue weighted by Gasteiger charge is 2.18. The lowest BCUT2D eigenvalue weighted by Gasteiger charge is -2.11. The van der Waals surface area contributed by atoms with E-state index in [-0.39, 0.29) is 12.3 Å². The number of methoxy groups -OCH3 is 1.